The van der Waals surface area contributed by atoms with E-state index in [9.17, 15) is 4.79 Å². The van der Waals surface area contributed by atoms with E-state index in [1.165, 1.54) is 12.1 Å². The van der Waals surface area contributed by atoms with Gasteiger partial charge in [0.2, 0.25) is 5.95 Å². The summed E-state index contributed by atoms with van der Waals surface area (Å²) in [5.74, 6) is -1.08. The molecule has 0 aliphatic carbocycles. The second-order valence-electron chi connectivity index (χ2n) is 10.7. The molecule has 3 aromatic heterocycles. The van der Waals surface area contributed by atoms with E-state index < -0.39 is 11.6 Å². The van der Waals surface area contributed by atoms with Crippen LogP contribution in [0.4, 0.5) is 20.4 Å². The Balaban J connectivity index is 1.23. The van der Waals surface area contributed by atoms with Crippen LogP contribution in [0.2, 0.25) is 0 Å². The Morgan fingerprint density at radius 2 is 1.80 bits per heavy atom. The summed E-state index contributed by atoms with van der Waals surface area (Å²) < 4.78 is 37.2. The number of pyridine rings is 1. The van der Waals surface area contributed by atoms with Crippen molar-refractivity contribution >= 4 is 28.6 Å². The second-order valence-corrected chi connectivity index (χ2v) is 10.7. The smallest absolute Gasteiger partial charge is 0.272 e. The van der Waals surface area contributed by atoms with Gasteiger partial charge in [-0.3, -0.25) is 14.7 Å². The molecule has 0 unspecified atom stereocenters. The minimum atomic E-state index is -0.608. The summed E-state index contributed by atoms with van der Waals surface area (Å²) in [5.41, 5.74) is 1.76. The number of nitrogens with zero attached hydrogens (tertiary/aromatic N) is 6. The van der Waals surface area contributed by atoms with Crippen LogP contribution in [0, 0.1) is 11.6 Å². The van der Waals surface area contributed by atoms with Crippen molar-refractivity contribution < 1.29 is 18.3 Å². The Hall–Kier alpha value is -4.00. The molecule has 10 nitrogen and oxygen atoms in total. The summed E-state index contributed by atoms with van der Waals surface area (Å²) in [6, 6.07) is 8.23. The molecule has 1 aromatic carbocycles. The van der Waals surface area contributed by atoms with Crippen molar-refractivity contribution in [1.29, 1.82) is 0 Å². The molecule has 214 valence electrons. The number of nitrogens with one attached hydrogen (secondary N) is 2. The van der Waals surface area contributed by atoms with Crippen LogP contribution in [0.3, 0.4) is 0 Å². The SMILES string of the molecule is C[C@@H]1CN(C(=O)c2cc(Nc3ncc4ccn(-c5cc(F)c(CN6CCOCC6)c(F)c5)c4n3)ccn2)C[C@H](C)N1. The van der Waals surface area contributed by atoms with Gasteiger partial charge in [-0.05, 0) is 44.2 Å². The van der Waals surface area contributed by atoms with E-state index in [4.69, 9.17) is 4.74 Å². The molecular weight excluding hydrogens is 530 g/mol. The van der Waals surface area contributed by atoms with E-state index in [1.807, 2.05) is 18.7 Å². The van der Waals surface area contributed by atoms with Crippen LogP contribution >= 0.6 is 0 Å². The number of anilines is 2. The third-order valence-corrected chi connectivity index (χ3v) is 7.40. The van der Waals surface area contributed by atoms with Crippen LogP contribution in [0.25, 0.3) is 16.7 Å². The number of amides is 1. The number of carbonyl (C=O) groups is 1. The fourth-order valence-corrected chi connectivity index (χ4v) is 5.46. The molecule has 6 rings (SSSR count). The molecule has 41 heavy (non-hydrogen) atoms. The molecule has 0 bridgehead atoms. The molecule has 4 aromatic rings. The lowest BCUT2D eigenvalue weighted by Gasteiger charge is -2.36. The monoisotopic (exact) mass is 562 g/mol. The van der Waals surface area contributed by atoms with Crippen LogP contribution in [0.5, 0.6) is 0 Å². The number of fused-ring (bicyclic) bond motifs is 1. The predicted octanol–water partition coefficient (Wildman–Crippen LogP) is 3.49. The summed E-state index contributed by atoms with van der Waals surface area (Å²) in [6.45, 7) is 7.88. The highest BCUT2D eigenvalue weighted by Crippen LogP contribution is 2.25. The number of benzene rings is 1. The molecule has 12 heteroatoms. The molecule has 2 aliphatic rings. The van der Waals surface area contributed by atoms with Crippen molar-refractivity contribution in [3.05, 3.63) is 71.8 Å². The van der Waals surface area contributed by atoms with Gasteiger partial charge >= 0.3 is 0 Å². The minimum absolute atomic E-state index is 0.0388. The Labute approximate surface area is 236 Å². The average molecular weight is 563 g/mol. The molecule has 2 aliphatic heterocycles. The quantitative estimate of drug-likeness (QED) is 0.369. The second kappa shape index (κ2) is 11.5. The van der Waals surface area contributed by atoms with Crippen LogP contribution in [0.1, 0.15) is 29.9 Å². The molecule has 2 N–H and O–H groups in total. The molecule has 0 saturated carbocycles. The molecule has 2 fully saturated rings. The van der Waals surface area contributed by atoms with Crippen LogP contribution in [-0.4, -0.2) is 86.7 Å². The van der Waals surface area contributed by atoms with E-state index >= 15 is 8.78 Å². The molecule has 0 spiro atoms. The van der Waals surface area contributed by atoms with E-state index in [0.717, 1.165) is 0 Å². The van der Waals surface area contributed by atoms with Gasteiger partial charge in [-0.25, -0.2) is 13.8 Å². The van der Waals surface area contributed by atoms with Gasteiger partial charge in [-0.1, -0.05) is 0 Å². The van der Waals surface area contributed by atoms with Gasteiger partial charge in [0.15, 0.2) is 0 Å². The van der Waals surface area contributed by atoms with Crippen molar-refractivity contribution in [1.82, 2.24) is 34.6 Å². The number of hydrogen-bond donors (Lipinski definition) is 2. The maximum atomic E-state index is 15.1. The first-order valence-electron chi connectivity index (χ1n) is 13.7. The van der Waals surface area contributed by atoms with Crippen LogP contribution in [-0.2, 0) is 11.3 Å². The van der Waals surface area contributed by atoms with Gasteiger partial charge in [-0.15, -0.1) is 0 Å². The predicted molar refractivity (Wildman–Crippen MR) is 150 cm³/mol. The Bertz CT molecular complexity index is 1540. The summed E-state index contributed by atoms with van der Waals surface area (Å²) in [5, 5.41) is 7.27. The lowest BCUT2D eigenvalue weighted by Crippen LogP contribution is -2.55. The van der Waals surface area contributed by atoms with Gasteiger partial charge < -0.3 is 24.8 Å². The first-order valence-corrected chi connectivity index (χ1v) is 13.7. The number of aromatic nitrogens is 4. The number of ether oxygens (including phenoxy) is 1. The van der Waals surface area contributed by atoms with Crippen molar-refractivity contribution in [2.75, 3.05) is 44.7 Å². The summed E-state index contributed by atoms with van der Waals surface area (Å²) in [6.07, 6.45) is 4.91. The molecule has 5 heterocycles. The number of rotatable bonds is 6. The molecule has 2 saturated heterocycles. The zero-order chi connectivity index (χ0) is 28.5. The summed E-state index contributed by atoms with van der Waals surface area (Å²) in [7, 11) is 0. The number of carbonyl (C=O) groups excluding carboxylic acids is 1. The zero-order valence-electron chi connectivity index (χ0n) is 23.0. The van der Waals surface area contributed by atoms with Crippen molar-refractivity contribution in [3.63, 3.8) is 0 Å². The van der Waals surface area contributed by atoms with Crippen LogP contribution < -0.4 is 10.6 Å². The normalized spacial score (nSPS) is 20.0. The van der Waals surface area contributed by atoms with E-state index in [2.05, 4.69) is 25.6 Å². The Kier molecular flexibility index (Phi) is 7.61. The van der Waals surface area contributed by atoms with Crippen molar-refractivity contribution in [2.45, 2.75) is 32.5 Å². The third-order valence-electron chi connectivity index (χ3n) is 7.40. The Morgan fingerprint density at radius 3 is 2.54 bits per heavy atom. The van der Waals surface area contributed by atoms with E-state index in [-0.39, 0.29) is 36.0 Å². The number of morpholine rings is 1. The first-order chi connectivity index (χ1) is 19.8. The minimum Gasteiger partial charge on any atom is -0.379 e. The fraction of sp³-hybridized carbons (Fsp3) is 0.379. The summed E-state index contributed by atoms with van der Waals surface area (Å²) in [4.78, 5) is 30.2. The largest absolute Gasteiger partial charge is 0.379 e. The standard InChI is InChI=1S/C29H32F2N8O2/c1-18-15-38(16-19(2)34-18)28(40)26-11-21(3-5-32-26)35-29-33-14-20-4-6-39(27(20)36-29)22-12-24(30)23(25(31)13-22)17-37-7-9-41-10-8-37/h3-6,11-14,18-19,34H,7-10,15-17H2,1-2H3,(H,32,33,35,36)/t18-,19+. The molecular formula is C29H32F2N8O2. The topological polar surface area (TPSA) is 100 Å². The number of halogens is 2. The van der Waals surface area contributed by atoms with E-state index in [0.29, 0.717) is 67.5 Å². The van der Waals surface area contributed by atoms with Gasteiger partial charge in [-0.2, -0.15) is 4.98 Å². The molecule has 1 amide bonds. The van der Waals surface area contributed by atoms with Crippen molar-refractivity contribution in [2.24, 2.45) is 0 Å². The lowest BCUT2D eigenvalue weighted by atomic mass is 10.1. The number of hydrogen-bond acceptors (Lipinski definition) is 8. The molecule has 0 radical (unpaired) electrons. The zero-order valence-corrected chi connectivity index (χ0v) is 23.0. The molecule has 2 atom stereocenters. The maximum Gasteiger partial charge on any atom is 0.272 e. The van der Waals surface area contributed by atoms with Gasteiger partial charge in [0.1, 0.15) is 23.0 Å². The van der Waals surface area contributed by atoms with E-state index in [1.54, 1.807) is 46.3 Å². The van der Waals surface area contributed by atoms with Gasteiger partial charge in [0.25, 0.3) is 5.91 Å². The highest BCUT2D eigenvalue weighted by molar-refractivity contribution is 5.93. The lowest BCUT2D eigenvalue weighted by molar-refractivity contribution is 0.0332. The maximum absolute atomic E-state index is 15.1. The third kappa shape index (κ3) is 5.90. The Morgan fingerprint density at radius 1 is 1.07 bits per heavy atom. The fourth-order valence-electron chi connectivity index (χ4n) is 5.46. The highest BCUT2D eigenvalue weighted by Gasteiger charge is 2.26. The number of piperazine rings is 1. The van der Waals surface area contributed by atoms with Crippen LogP contribution in [0.15, 0.2) is 48.9 Å². The van der Waals surface area contributed by atoms with Gasteiger partial charge in [0, 0.05) is 80.0 Å². The highest BCUT2D eigenvalue weighted by atomic mass is 19.1. The first kappa shape index (κ1) is 27.2. The average Bonchev–Trinajstić information content (AvgIpc) is 3.38. The van der Waals surface area contributed by atoms with Crippen molar-refractivity contribution in [3.8, 4) is 5.69 Å². The summed E-state index contributed by atoms with van der Waals surface area (Å²) >= 11 is 0. The van der Waals surface area contributed by atoms with Gasteiger partial charge in [0.05, 0.1) is 18.9 Å².